The molecule has 9 heteroatoms. The molecule has 1 fully saturated rings. The number of pyridine rings is 2. The lowest BCUT2D eigenvalue weighted by Gasteiger charge is -2.42. The number of piperidine rings is 1. The predicted octanol–water partition coefficient (Wildman–Crippen LogP) is 3.37. The number of ether oxygens (including phenoxy) is 1. The van der Waals surface area contributed by atoms with Crippen LogP contribution in [-0.2, 0) is 22.6 Å². The maximum Gasteiger partial charge on any atom is 0.306 e. The van der Waals surface area contributed by atoms with Crippen LogP contribution in [0, 0.1) is 5.92 Å². The van der Waals surface area contributed by atoms with Crippen LogP contribution in [0.1, 0.15) is 47.5 Å². The van der Waals surface area contributed by atoms with Gasteiger partial charge >= 0.3 is 5.97 Å². The highest BCUT2D eigenvalue weighted by atomic mass is 16.5. The summed E-state index contributed by atoms with van der Waals surface area (Å²) in [5.74, 6) is -0.741. The lowest BCUT2D eigenvalue weighted by Crippen LogP contribution is -2.46. The van der Waals surface area contributed by atoms with Gasteiger partial charge in [0, 0.05) is 55.0 Å². The molecule has 2 aliphatic rings. The summed E-state index contributed by atoms with van der Waals surface area (Å²) >= 11 is 0. The molecule has 1 N–H and O–H groups in total. The molecule has 3 atom stereocenters. The first-order valence-corrected chi connectivity index (χ1v) is 13.1. The van der Waals surface area contributed by atoms with E-state index in [1.54, 1.807) is 12.3 Å². The molecule has 1 aromatic carbocycles. The molecule has 4 aromatic rings. The molecule has 200 valence electrons. The van der Waals surface area contributed by atoms with Crippen LogP contribution in [0.5, 0.6) is 5.75 Å². The molecule has 1 saturated heterocycles. The molecule has 5 heterocycles. The van der Waals surface area contributed by atoms with Crippen LogP contribution in [0.25, 0.3) is 10.9 Å². The third-order valence-corrected chi connectivity index (χ3v) is 7.88. The number of nitrogens with zero attached hydrogens (tertiary/aromatic N) is 3. The Balaban J connectivity index is 1.33. The molecule has 0 aliphatic carbocycles. The number of fused-ring (bicyclic) bond motifs is 5. The summed E-state index contributed by atoms with van der Waals surface area (Å²) in [5, 5.41) is 11.7. The number of methoxy groups -OCH3 is 1. The van der Waals surface area contributed by atoms with Gasteiger partial charge in [0.1, 0.15) is 5.76 Å². The fourth-order valence-corrected chi connectivity index (χ4v) is 6.14. The Kier molecular flexibility index (Phi) is 6.52. The molecule has 0 spiro atoms. The first kappa shape index (κ1) is 25.1. The zero-order valence-corrected chi connectivity index (χ0v) is 21.6. The van der Waals surface area contributed by atoms with Crippen molar-refractivity contribution in [1.82, 2.24) is 14.5 Å². The number of hydrogen-bond donors (Lipinski definition) is 1. The Bertz CT molecular complexity index is 1680. The van der Waals surface area contributed by atoms with Crippen molar-refractivity contribution in [2.45, 2.75) is 37.8 Å². The minimum absolute atomic E-state index is 0.0333. The van der Waals surface area contributed by atoms with Gasteiger partial charge in [-0.05, 0) is 42.2 Å². The van der Waals surface area contributed by atoms with Crippen molar-refractivity contribution in [2.75, 3.05) is 20.2 Å². The van der Waals surface area contributed by atoms with Crippen molar-refractivity contribution in [2.24, 2.45) is 5.92 Å². The Morgan fingerprint density at radius 2 is 2.00 bits per heavy atom. The third kappa shape index (κ3) is 4.85. The van der Waals surface area contributed by atoms with Gasteiger partial charge in [0.25, 0.3) is 5.56 Å². The van der Waals surface area contributed by atoms with Gasteiger partial charge in [-0.25, -0.2) is 0 Å². The number of esters is 1. The topological polar surface area (TPSA) is 115 Å². The second-order valence-electron chi connectivity index (χ2n) is 10.5. The minimum Gasteiger partial charge on any atom is -0.502 e. The van der Waals surface area contributed by atoms with Crippen LogP contribution in [0.2, 0.25) is 0 Å². The summed E-state index contributed by atoms with van der Waals surface area (Å²) in [6.07, 6.45) is 2.61. The average molecular weight is 528 g/mol. The predicted molar refractivity (Wildman–Crippen MR) is 144 cm³/mol. The largest absolute Gasteiger partial charge is 0.502 e. The molecule has 0 saturated carbocycles. The fraction of sp³-hybridized carbons (Fsp3) is 0.333. The molecular weight excluding hydrogens is 498 g/mol. The molecule has 0 radical (unpaired) electrons. The summed E-state index contributed by atoms with van der Waals surface area (Å²) in [4.78, 5) is 44.3. The van der Waals surface area contributed by atoms with Crippen LogP contribution in [0.3, 0.4) is 0 Å². The lowest BCUT2D eigenvalue weighted by atomic mass is 9.83. The smallest absolute Gasteiger partial charge is 0.306 e. The fourth-order valence-electron chi connectivity index (χ4n) is 6.14. The van der Waals surface area contributed by atoms with Crippen molar-refractivity contribution >= 4 is 16.9 Å². The van der Waals surface area contributed by atoms with E-state index >= 15 is 0 Å². The molecule has 0 unspecified atom stereocenters. The van der Waals surface area contributed by atoms with Crippen molar-refractivity contribution in [3.63, 3.8) is 0 Å². The van der Waals surface area contributed by atoms with Crippen molar-refractivity contribution in [3.8, 4) is 5.75 Å². The van der Waals surface area contributed by atoms with Gasteiger partial charge < -0.3 is 18.8 Å². The Morgan fingerprint density at radius 3 is 2.85 bits per heavy atom. The second kappa shape index (κ2) is 10.1. The summed E-state index contributed by atoms with van der Waals surface area (Å²) in [6, 6.07) is 16.0. The van der Waals surface area contributed by atoms with Gasteiger partial charge in [-0.3, -0.25) is 24.3 Å². The molecular formula is C30H29N3O6. The van der Waals surface area contributed by atoms with Crippen molar-refractivity contribution in [1.29, 1.82) is 0 Å². The van der Waals surface area contributed by atoms with E-state index in [4.69, 9.17) is 9.15 Å². The molecule has 9 nitrogen and oxygen atoms in total. The highest BCUT2D eigenvalue weighted by Gasteiger charge is 2.35. The number of aromatic nitrogens is 2. The summed E-state index contributed by atoms with van der Waals surface area (Å²) in [7, 11) is 1.30. The molecule has 0 amide bonds. The molecule has 39 heavy (non-hydrogen) atoms. The lowest BCUT2D eigenvalue weighted by molar-refractivity contribution is -0.140. The Labute approximate surface area is 224 Å². The van der Waals surface area contributed by atoms with Crippen molar-refractivity contribution < 1.29 is 19.1 Å². The van der Waals surface area contributed by atoms with E-state index in [1.807, 2.05) is 47.0 Å². The van der Waals surface area contributed by atoms with E-state index in [9.17, 15) is 19.5 Å². The SMILES string of the molecule is COC(=O)C[C@H](c1ccc2ncccc2c1)c1oc(CN2C[C@H]3C[C@@H](C2)c2cccc(=O)n2C3)cc(=O)c1O. The number of likely N-dealkylation sites (tertiary alicyclic amines) is 1. The number of carbonyl (C=O) groups excluding carboxylic acids is 1. The van der Waals surface area contributed by atoms with Gasteiger partial charge in [0.05, 0.1) is 31.5 Å². The van der Waals surface area contributed by atoms with Crippen LogP contribution in [0.4, 0.5) is 0 Å². The van der Waals surface area contributed by atoms with Gasteiger partial charge in [-0.2, -0.15) is 0 Å². The van der Waals surface area contributed by atoms with Crippen LogP contribution in [-0.4, -0.2) is 45.7 Å². The highest BCUT2D eigenvalue weighted by Crippen LogP contribution is 2.37. The van der Waals surface area contributed by atoms with Gasteiger partial charge in [-0.15, -0.1) is 0 Å². The zero-order chi connectivity index (χ0) is 27.1. The number of aromatic hydroxyl groups is 1. The first-order valence-electron chi connectivity index (χ1n) is 13.1. The average Bonchev–Trinajstić information content (AvgIpc) is 2.94. The maximum absolute atomic E-state index is 12.9. The molecule has 2 bridgehead atoms. The molecule has 6 rings (SSSR count). The summed E-state index contributed by atoms with van der Waals surface area (Å²) in [5.41, 5.74) is 2.01. The minimum atomic E-state index is -0.728. The Morgan fingerprint density at radius 1 is 1.13 bits per heavy atom. The standard InChI is InChI=1S/C30H29N3O6/c1-38-28(36)13-23(19-7-8-24-20(11-19)4-3-9-31-24)30-29(37)26(34)12-22(39-30)17-32-14-18-10-21(16-32)25-5-2-6-27(35)33(25)15-18/h2-9,11-12,18,21,23,37H,10,13-17H2,1H3/t18-,21+,23-/m1/s1. The summed E-state index contributed by atoms with van der Waals surface area (Å²) in [6.45, 7) is 2.54. The number of benzene rings is 1. The van der Waals surface area contributed by atoms with E-state index in [0.717, 1.165) is 36.1 Å². The monoisotopic (exact) mass is 527 g/mol. The van der Waals surface area contributed by atoms with E-state index < -0.39 is 23.1 Å². The van der Waals surface area contributed by atoms with E-state index in [0.29, 0.717) is 30.3 Å². The molecule has 3 aromatic heterocycles. The maximum atomic E-state index is 12.9. The normalized spacial score (nSPS) is 19.4. The van der Waals surface area contributed by atoms with E-state index in [2.05, 4.69) is 9.88 Å². The quantitative estimate of drug-likeness (QED) is 0.380. The van der Waals surface area contributed by atoms with E-state index in [1.165, 1.54) is 13.2 Å². The molecule has 2 aliphatic heterocycles. The number of rotatable bonds is 6. The number of carbonyl (C=O) groups is 1. The Hall–Kier alpha value is -4.24. The van der Waals surface area contributed by atoms with Crippen LogP contribution < -0.4 is 11.0 Å². The van der Waals surface area contributed by atoms with E-state index in [-0.39, 0.29) is 23.7 Å². The van der Waals surface area contributed by atoms with Gasteiger partial charge in [-0.1, -0.05) is 18.2 Å². The third-order valence-electron chi connectivity index (χ3n) is 7.88. The van der Waals surface area contributed by atoms with Gasteiger partial charge in [0.2, 0.25) is 11.2 Å². The highest BCUT2D eigenvalue weighted by molar-refractivity contribution is 5.80. The summed E-state index contributed by atoms with van der Waals surface area (Å²) < 4.78 is 13.0. The van der Waals surface area contributed by atoms with Gasteiger partial charge in [0.15, 0.2) is 5.76 Å². The first-order chi connectivity index (χ1) is 18.9. The van der Waals surface area contributed by atoms with Crippen molar-refractivity contribution in [3.05, 3.63) is 104 Å². The second-order valence-corrected chi connectivity index (χ2v) is 10.5. The van der Waals surface area contributed by atoms with Crippen LogP contribution in [0.15, 0.2) is 74.8 Å². The number of hydrogen-bond acceptors (Lipinski definition) is 8. The zero-order valence-electron chi connectivity index (χ0n) is 21.6. The van der Waals surface area contributed by atoms with Crippen LogP contribution >= 0.6 is 0 Å².